The van der Waals surface area contributed by atoms with Gasteiger partial charge in [0.1, 0.15) is 0 Å². The van der Waals surface area contributed by atoms with E-state index in [0.717, 1.165) is 32.0 Å². The van der Waals surface area contributed by atoms with Crippen LogP contribution in [0.2, 0.25) is 0 Å². The molecule has 0 aromatic heterocycles. The van der Waals surface area contributed by atoms with E-state index in [0.29, 0.717) is 5.92 Å². The monoisotopic (exact) mass is 184 g/mol. The van der Waals surface area contributed by atoms with Crippen molar-refractivity contribution in [2.75, 3.05) is 13.2 Å². The average Bonchev–Trinajstić information content (AvgIpc) is 2.74. The van der Waals surface area contributed by atoms with Gasteiger partial charge in [-0.3, -0.25) is 0 Å². The molecular weight excluding hydrogens is 164 g/mol. The summed E-state index contributed by atoms with van der Waals surface area (Å²) >= 11 is 0. The molecule has 0 aromatic rings. The van der Waals surface area contributed by atoms with Gasteiger partial charge < -0.3 is 9.84 Å². The zero-order chi connectivity index (χ0) is 9.31. The minimum absolute atomic E-state index is 0.381. The summed E-state index contributed by atoms with van der Waals surface area (Å²) in [4.78, 5) is 0. The van der Waals surface area contributed by atoms with Crippen LogP contribution in [-0.4, -0.2) is 23.9 Å². The topological polar surface area (TPSA) is 29.5 Å². The van der Waals surface area contributed by atoms with Crippen LogP contribution in [-0.2, 0) is 4.74 Å². The van der Waals surface area contributed by atoms with Crippen LogP contribution in [0.25, 0.3) is 0 Å². The Labute approximate surface area is 80.3 Å². The van der Waals surface area contributed by atoms with Gasteiger partial charge in [0.25, 0.3) is 0 Å². The number of ether oxygens (including phenoxy) is 1. The lowest BCUT2D eigenvalue weighted by atomic mass is 9.84. The van der Waals surface area contributed by atoms with Gasteiger partial charge in [-0.05, 0) is 32.1 Å². The lowest BCUT2D eigenvalue weighted by Crippen LogP contribution is -2.34. The molecule has 1 saturated heterocycles. The normalized spacial score (nSPS) is 33.2. The molecule has 0 amide bonds. The molecule has 1 N–H and O–H groups in total. The molecule has 2 rings (SSSR count). The van der Waals surface area contributed by atoms with Crippen molar-refractivity contribution in [3.05, 3.63) is 0 Å². The largest absolute Gasteiger partial charge is 0.390 e. The maximum atomic E-state index is 10.2. The molecular formula is C11H20O2. The fraction of sp³-hybridized carbons (Fsp3) is 1.00. The summed E-state index contributed by atoms with van der Waals surface area (Å²) in [6.45, 7) is 3.58. The molecule has 1 aliphatic heterocycles. The van der Waals surface area contributed by atoms with Crippen molar-refractivity contribution in [2.24, 2.45) is 11.8 Å². The third-order valence-corrected chi connectivity index (χ3v) is 3.56. The van der Waals surface area contributed by atoms with Gasteiger partial charge >= 0.3 is 0 Å². The van der Waals surface area contributed by atoms with Gasteiger partial charge in [0, 0.05) is 12.5 Å². The second-order valence-corrected chi connectivity index (χ2v) is 4.90. The Morgan fingerprint density at radius 1 is 1.38 bits per heavy atom. The summed E-state index contributed by atoms with van der Waals surface area (Å²) in [6.07, 6.45) is 5.99. The maximum Gasteiger partial charge on any atom is 0.0670 e. The summed E-state index contributed by atoms with van der Waals surface area (Å²) in [7, 11) is 0. The third-order valence-electron chi connectivity index (χ3n) is 3.56. The van der Waals surface area contributed by atoms with Crippen molar-refractivity contribution in [3.63, 3.8) is 0 Å². The molecule has 2 atom stereocenters. The van der Waals surface area contributed by atoms with Crippen LogP contribution in [0, 0.1) is 11.8 Å². The molecule has 0 aromatic carbocycles. The van der Waals surface area contributed by atoms with Crippen molar-refractivity contribution in [1.29, 1.82) is 0 Å². The molecule has 2 fully saturated rings. The predicted molar refractivity (Wildman–Crippen MR) is 51.5 cm³/mol. The highest BCUT2D eigenvalue weighted by atomic mass is 16.5. The molecule has 2 unspecified atom stereocenters. The smallest absolute Gasteiger partial charge is 0.0670 e. The van der Waals surface area contributed by atoms with E-state index in [4.69, 9.17) is 4.74 Å². The van der Waals surface area contributed by atoms with Crippen LogP contribution in [0.3, 0.4) is 0 Å². The summed E-state index contributed by atoms with van der Waals surface area (Å²) in [6, 6.07) is 0. The minimum atomic E-state index is -0.473. The maximum absolute atomic E-state index is 10.2. The Morgan fingerprint density at radius 3 is 2.69 bits per heavy atom. The van der Waals surface area contributed by atoms with Gasteiger partial charge in [0.05, 0.1) is 12.2 Å². The van der Waals surface area contributed by atoms with E-state index in [1.165, 1.54) is 19.3 Å². The third kappa shape index (κ3) is 2.44. The van der Waals surface area contributed by atoms with Crippen LogP contribution in [0.5, 0.6) is 0 Å². The first-order valence-corrected chi connectivity index (χ1v) is 5.48. The van der Waals surface area contributed by atoms with Crippen molar-refractivity contribution < 1.29 is 9.84 Å². The molecule has 2 nitrogen and oxygen atoms in total. The minimum Gasteiger partial charge on any atom is -0.390 e. The van der Waals surface area contributed by atoms with Gasteiger partial charge in [0.15, 0.2) is 0 Å². The molecule has 2 aliphatic rings. The van der Waals surface area contributed by atoms with Gasteiger partial charge in [0.2, 0.25) is 0 Å². The summed E-state index contributed by atoms with van der Waals surface area (Å²) in [5.74, 6) is 1.31. The SMILES string of the molecule is CC(O)(CCC1CC1)C1CCOC1. The van der Waals surface area contributed by atoms with E-state index < -0.39 is 5.60 Å². The quantitative estimate of drug-likeness (QED) is 0.723. The highest BCUT2D eigenvalue weighted by Gasteiger charge is 2.36. The second-order valence-electron chi connectivity index (χ2n) is 4.90. The Balaban J connectivity index is 1.78. The lowest BCUT2D eigenvalue weighted by Gasteiger charge is -2.29. The zero-order valence-electron chi connectivity index (χ0n) is 8.46. The van der Waals surface area contributed by atoms with Gasteiger partial charge in [-0.1, -0.05) is 12.8 Å². The molecule has 13 heavy (non-hydrogen) atoms. The Bertz CT molecular complexity index is 167. The van der Waals surface area contributed by atoms with E-state index in [1.807, 2.05) is 6.92 Å². The Kier molecular flexibility index (Phi) is 2.61. The zero-order valence-corrected chi connectivity index (χ0v) is 8.46. The highest BCUT2D eigenvalue weighted by molar-refractivity contribution is 4.86. The van der Waals surface area contributed by atoms with E-state index >= 15 is 0 Å². The second kappa shape index (κ2) is 3.58. The molecule has 1 heterocycles. The molecule has 2 heteroatoms. The van der Waals surface area contributed by atoms with Crippen molar-refractivity contribution in [3.8, 4) is 0 Å². The van der Waals surface area contributed by atoms with Crippen LogP contribution in [0.4, 0.5) is 0 Å². The van der Waals surface area contributed by atoms with Crippen LogP contribution in [0.1, 0.15) is 39.0 Å². The predicted octanol–water partition coefficient (Wildman–Crippen LogP) is 1.96. The van der Waals surface area contributed by atoms with Crippen molar-refractivity contribution >= 4 is 0 Å². The van der Waals surface area contributed by atoms with Crippen LogP contribution >= 0.6 is 0 Å². The van der Waals surface area contributed by atoms with Gasteiger partial charge in [-0.15, -0.1) is 0 Å². The fourth-order valence-corrected chi connectivity index (χ4v) is 2.13. The number of hydrogen-bond acceptors (Lipinski definition) is 2. The first-order valence-electron chi connectivity index (χ1n) is 5.48. The van der Waals surface area contributed by atoms with Crippen LogP contribution < -0.4 is 0 Å². The lowest BCUT2D eigenvalue weighted by molar-refractivity contribution is -0.0149. The average molecular weight is 184 g/mol. The number of hydrogen-bond donors (Lipinski definition) is 1. The summed E-state index contributed by atoms with van der Waals surface area (Å²) < 4.78 is 5.31. The highest BCUT2D eigenvalue weighted by Crippen LogP contribution is 2.38. The molecule has 0 spiro atoms. The molecule has 0 bridgehead atoms. The standard InChI is InChI=1S/C11H20O2/c1-11(12,6-4-9-2-3-9)10-5-7-13-8-10/h9-10,12H,2-8H2,1H3. The van der Waals surface area contributed by atoms with Crippen LogP contribution in [0.15, 0.2) is 0 Å². The summed E-state index contributed by atoms with van der Waals surface area (Å²) in [5, 5.41) is 10.2. The molecule has 1 saturated carbocycles. The molecule has 76 valence electrons. The van der Waals surface area contributed by atoms with Crippen molar-refractivity contribution in [1.82, 2.24) is 0 Å². The Hall–Kier alpha value is -0.0800. The van der Waals surface area contributed by atoms with Gasteiger partial charge in [-0.25, -0.2) is 0 Å². The van der Waals surface area contributed by atoms with E-state index in [2.05, 4.69) is 0 Å². The first kappa shape index (κ1) is 9.47. The van der Waals surface area contributed by atoms with E-state index in [1.54, 1.807) is 0 Å². The number of rotatable bonds is 4. The first-order chi connectivity index (χ1) is 6.18. The molecule has 0 radical (unpaired) electrons. The van der Waals surface area contributed by atoms with Gasteiger partial charge in [-0.2, -0.15) is 0 Å². The fourth-order valence-electron chi connectivity index (χ4n) is 2.13. The van der Waals surface area contributed by atoms with Crippen molar-refractivity contribution in [2.45, 2.75) is 44.6 Å². The van der Waals surface area contributed by atoms with E-state index in [-0.39, 0.29) is 0 Å². The Morgan fingerprint density at radius 2 is 2.15 bits per heavy atom. The number of aliphatic hydroxyl groups is 1. The molecule has 1 aliphatic carbocycles. The summed E-state index contributed by atoms with van der Waals surface area (Å²) in [5.41, 5.74) is -0.473. The van der Waals surface area contributed by atoms with E-state index in [9.17, 15) is 5.11 Å².